The summed E-state index contributed by atoms with van der Waals surface area (Å²) in [4.78, 5) is 11.9. The first-order chi connectivity index (χ1) is 9.71. The Morgan fingerprint density at radius 1 is 1.15 bits per heavy atom. The van der Waals surface area contributed by atoms with Gasteiger partial charge in [-0.1, -0.05) is 12.1 Å². The molecule has 0 radical (unpaired) electrons. The first-order valence-electron chi connectivity index (χ1n) is 6.13. The molecule has 0 unspecified atom stereocenters. The number of nitrogens with zero attached hydrogens (tertiary/aromatic N) is 3. The second-order valence-corrected chi connectivity index (χ2v) is 4.03. The maximum Gasteiger partial charge on any atom is 0.322 e. The van der Waals surface area contributed by atoms with Gasteiger partial charge >= 0.3 is 6.01 Å². The molecule has 20 heavy (non-hydrogen) atoms. The summed E-state index contributed by atoms with van der Waals surface area (Å²) < 4.78 is 10.1. The van der Waals surface area contributed by atoms with E-state index < -0.39 is 0 Å². The zero-order valence-electron chi connectivity index (χ0n) is 11.5. The Labute approximate surface area is 117 Å². The Morgan fingerprint density at radius 3 is 2.75 bits per heavy atom. The minimum absolute atomic E-state index is 0.126. The molecule has 0 aliphatic heterocycles. The molecule has 3 N–H and O–H groups in total. The van der Waals surface area contributed by atoms with Crippen LogP contribution in [0.5, 0.6) is 11.8 Å². The van der Waals surface area contributed by atoms with Crippen LogP contribution >= 0.6 is 0 Å². The zero-order chi connectivity index (χ0) is 14.4. The molecule has 0 fully saturated rings. The van der Waals surface area contributed by atoms with Crippen molar-refractivity contribution in [2.75, 3.05) is 31.8 Å². The zero-order valence-corrected chi connectivity index (χ0v) is 11.5. The van der Waals surface area contributed by atoms with Crippen LogP contribution in [0.3, 0.4) is 0 Å². The molecule has 2 aromatic rings. The van der Waals surface area contributed by atoms with Gasteiger partial charge in [-0.3, -0.25) is 0 Å². The van der Waals surface area contributed by atoms with Crippen LogP contribution in [-0.2, 0) is 6.42 Å². The van der Waals surface area contributed by atoms with E-state index in [1.54, 1.807) is 7.11 Å². The third-order valence-electron chi connectivity index (χ3n) is 2.65. The Bertz CT molecular complexity index is 576. The van der Waals surface area contributed by atoms with Crippen LogP contribution in [-0.4, -0.2) is 35.7 Å². The van der Waals surface area contributed by atoms with Crippen molar-refractivity contribution in [3.8, 4) is 11.8 Å². The summed E-state index contributed by atoms with van der Waals surface area (Å²) in [6.07, 6.45) is 0.811. The molecular weight excluding hydrogens is 258 g/mol. The lowest BCUT2D eigenvalue weighted by atomic mass is 10.1. The van der Waals surface area contributed by atoms with Gasteiger partial charge in [0.25, 0.3) is 0 Å². The second kappa shape index (κ2) is 6.55. The molecule has 0 spiro atoms. The molecule has 0 saturated heterocycles. The summed E-state index contributed by atoms with van der Waals surface area (Å²) in [6, 6.07) is 8.09. The van der Waals surface area contributed by atoms with Crippen LogP contribution < -0.4 is 20.5 Å². The molecule has 1 aromatic heterocycles. The van der Waals surface area contributed by atoms with Crippen LogP contribution in [0.2, 0.25) is 0 Å². The normalized spacial score (nSPS) is 10.1. The number of nitrogen functional groups attached to an aromatic ring is 1. The number of anilines is 2. The van der Waals surface area contributed by atoms with Gasteiger partial charge in [0.15, 0.2) is 0 Å². The Morgan fingerprint density at radius 2 is 2.00 bits per heavy atom. The molecule has 7 heteroatoms. The van der Waals surface area contributed by atoms with E-state index in [1.807, 2.05) is 24.3 Å². The van der Waals surface area contributed by atoms with Crippen molar-refractivity contribution in [3.05, 3.63) is 29.8 Å². The van der Waals surface area contributed by atoms with E-state index in [1.165, 1.54) is 7.11 Å². The number of nitrogens with one attached hydrogen (secondary N) is 1. The van der Waals surface area contributed by atoms with Crippen molar-refractivity contribution in [1.82, 2.24) is 15.0 Å². The lowest BCUT2D eigenvalue weighted by molar-refractivity contribution is 0.379. The largest absolute Gasteiger partial charge is 0.497 e. The number of ether oxygens (including phenoxy) is 2. The van der Waals surface area contributed by atoms with Gasteiger partial charge in [-0.2, -0.15) is 15.0 Å². The molecule has 1 heterocycles. The summed E-state index contributed by atoms with van der Waals surface area (Å²) in [6.45, 7) is 0.666. The van der Waals surface area contributed by atoms with Gasteiger partial charge in [0, 0.05) is 6.54 Å². The summed E-state index contributed by atoms with van der Waals surface area (Å²) in [5.74, 6) is 1.37. The molecule has 106 valence electrons. The number of nitrogens with two attached hydrogens (primary N) is 1. The second-order valence-electron chi connectivity index (χ2n) is 4.03. The van der Waals surface area contributed by atoms with Gasteiger partial charge in [-0.25, -0.2) is 0 Å². The minimum atomic E-state index is 0.126. The first-order valence-corrected chi connectivity index (χ1v) is 6.13. The maximum atomic E-state index is 5.56. The van der Waals surface area contributed by atoms with Crippen LogP contribution in [0.1, 0.15) is 5.56 Å². The number of benzene rings is 1. The van der Waals surface area contributed by atoms with Crippen LogP contribution in [0.15, 0.2) is 24.3 Å². The fourth-order valence-electron chi connectivity index (χ4n) is 1.69. The lowest BCUT2D eigenvalue weighted by Crippen LogP contribution is -2.11. The molecule has 0 bridgehead atoms. The standard InChI is InChI=1S/C13H17N5O2/c1-19-10-5-3-4-9(8-10)6-7-15-12-16-11(14)17-13(18-12)20-2/h3-5,8H,6-7H2,1-2H3,(H3,14,15,16,17,18). The van der Waals surface area contributed by atoms with Crippen LogP contribution in [0.25, 0.3) is 0 Å². The van der Waals surface area contributed by atoms with E-state index in [0.717, 1.165) is 17.7 Å². The molecular formula is C13H17N5O2. The Kier molecular flexibility index (Phi) is 4.54. The van der Waals surface area contributed by atoms with Gasteiger partial charge in [-0.15, -0.1) is 0 Å². The third-order valence-corrected chi connectivity index (χ3v) is 2.65. The molecule has 0 aliphatic rings. The molecule has 2 rings (SSSR count). The fraction of sp³-hybridized carbons (Fsp3) is 0.308. The van der Waals surface area contributed by atoms with Gasteiger partial charge in [0.1, 0.15) is 5.75 Å². The monoisotopic (exact) mass is 275 g/mol. The quantitative estimate of drug-likeness (QED) is 0.815. The first kappa shape index (κ1) is 13.9. The highest BCUT2D eigenvalue weighted by Crippen LogP contribution is 2.13. The molecule has 0 saturated carbocycles. The average Bonchev–Trinajstić information content (AvgIpc) is 2.47. The number of hydrogen-bond acceptors (Lipinski definition) is 7. The minimum Gasteiger partial charge on any atom is -0.497 e. The summed E-state index contributed by atoms with van der Waals surface area (Å²) in [5, 5.41) is 3.08. The highest BCUT2D eigenvalue weighted by Gasteiger charge is 2.04. The Balaban J connectivity index is 1.93. The Hall–Kier alpha value is -2.57. The third kappa shape index (κ3) is 3.71. The van der Waals surface area contributed by atoms with Crippen molar-refractivity contribution >= 4 is 11.9 Å². The SMILES string of the molecule is COc1cccc(CCNc2nc(N)nc(OC)n2)c1. The number of aromatic nitrogens is 3. The smallest absolute Gasteiger partial charge is 0.322 e. The van der Waals surface area contributed by atoms with E-state index >= 15 is 0 Å². The molecule has 7 nitrogen and oxygen atoms in total. The van der Waals surface area contributed by atoms with Crippen molar-refractivity contribution in [2.24, 2.45) is 0 Å². The van der Waals surface area contributed by atoms with Crippen LogP contribution in [0.4, 0.5) is 11.9 Å². The van der Waals surface area contributed by atoms with Crippen molar-refractivity contribution < 1.29 is 9.47 Å². The lowest BCUT2D eigenvalue weighted by Gasteiger charge is -2.07. The van der Waals surface area contributed by atoms with E-state index in [-0.39, 0.29) is 12.0 Å². The van der Waals surface area contributed by atoms with E-state index in [0.29, 0.717) is 12.5 Å². The molecule has 0 aliphatic carbocycles. The topological polar surface area (TPSA) is 95.2 Å². The van der Waals surface area contributed by atoms with E-state index in [4.69, 9.17) is 15.2 Å². The van der Waals surface area contributed by atoms with Crippen molar-refractivity contribution in [2.45, 2.75) is 6.42 Å². The van der Waals surface area contributed by atoms with E-state index in [2.05, 4.69) is 20.3 Å². The summed E-state index contributed by atoms with van der Waals surface area (Å²) in [5.41, 5.74) is 6.72. The number of methoxy groups -OCH3 is 2. The van der Waals surface area contributed by atoms with Gasteiger partial charge in [0.2, 0.25) is 11.9 Å². The van der Waals surface area contributed by atoms with Crippen molar-refractivity contribution in [1.29, 1.82) is 0 Å². The average molecular weight is 275 g/mol. The molecule has 1 aromatic carbocycles. The molecule has 0 atom stereocenters. The summed E-state index contributed by atoms with van der Waals surface area (Å²) in [7, 11) is 3.13. The summed E-state index contributed by atoms with van der Waals surface area (Å²) >= 11 is 0. The number of hydrogen-bond donors (Lipinski definition) is 2. The van der Waals surface area contributed by atoms with Gasteiger partial charge in [0.05, 0.1) is 14.2 Å². The predicted octanol–water partition coefficient (Wildman–Crippen LogP) is 1.13. The molecule has 0 amide bonds. The fourth-order valence-corrected chi connectivity index (χ4v) is 1.69. The predicted molar refractivity (Wildman–Crippen MR) is 76.0 cm³/mol. The maximum absolute atomic E-state index is 5.56. The highest BCUT2D eigenvalue weighted by molar-refractivity contribution is 5.33. The number of rotatable bonds is 6. The van der Waals surface area contributed by atoms with Gasteiger partial charge < -0.3 is 20.5 Å². The van der Waals surface area contributed by atoms with Gasteiger partial charge in [-0.05, 0) is 24.1 Å². The van der Waals surface area contributed by atoms with Crippen LogP contribution in [0, 0.1) is 0 Å². The highest BCUT2D eigenvalue weighted by atomic mass is 16.5. The van der Waals surface area contributed by atoms with Crippen molar-refractivity contribution in [3.63, 3.8) is 0 Å². The van der Waals surface area contributed by atoms with E-state index in [9.17, 15) is 0 Å².